The van der Waals surface area contributed by atoms with E-state index in [-0.39, 0.29) is 0 Å². The van der Waals surface area contributed by atoms with Gasteiger partial charge in [0.05, 0.1) is 5.69 Å². The fourth-order valence-electron chi connectivity index (χ4n) is 3.22. The molecule has 0 bridgehead atoms. The van der Waals surface area contributed by atoms with Crippen molar-refractivity contribution < 1.29 is 0 Å². The number of benzene rings is 1. The smallest absolute Gasteiger partial charge is 0.0508 e. The molecule has 1 spiro atoms. The highest BCUT2D eigenvalue weighted by atomic mass is 32.2. The summed E-state index contributed by atoms with van der Waals surface area (Å²) in [5.74, 6) is 0. The molecule has 3 rings (SSSR count). The van der Waals surface area contributed by atoms with Gasteiger partial charge in [-0.1, -0.05) is 30.1 Å². The summed E-state index contributed by atoms with van der Waals surface area (Å²) in [6, 6.07) is 8.98. The van der Waals surface area contributed by atoms with Crippen LogP contribution < -0.4 is 4.31 Å². The first-order chi connectivity index (χ1) is 8.25. The molecule has 0 atom stereocenters. The van der Waals surface area contributed by atoms with Crippen molar-refractivity contribution in [3.05, 3.63) is 29.8 Å². The van der Waals surface area contributed by atoms with E-state index in [0.29, 0.717) is 5.41 Å². The van der Waals surface area contributed by atoms with E-state index < -0.39 is 0 Å². The molecule has 1 fully saturated rings. The Kier molecular flexibility index (Phi) is 2.83. The van der Waals surface area contributed by atoms with E-state index in [2.05, 4.69) is 46.8 Å². The third-order valence-corrected chi connectivity index (χ3v) is 5.12. The standard InChI is InChI=1S/C14H20N2S/c1-15-9-7-14(8-10-15)11-16(17-2)13-6-4-3-5-12(13)14/h3-6H,7-11H2,1-2H3. The molecule has 0 aliphatic carbocycles. The largest absolute Gasteiger partial charge is 0.315 e. The van der Waals surface area contributed by atoms with Crippen LogP contribution in [0.4, 0.5) is 5.69 Å². The highest BCUT2D eigenvalue weighted by molar-refractivity contribution is 8.00. The van der Waals surface area contributed by atoms with Crippen LogP contribution in [0.3, 0.4) is 0 Å². The first kappa shape index (κ1) is 11.4. The lowest BCUT2D eigenvalue weighted by atomic mass is 9.74. The molecule has 2 nitrogen and oxygen atoms in total. The summed E-state index contributed by atoms with van der Waals surface area (Å²) in [5, 5.41) is 0. The Morgan fingerprint density at radius 1 is 1.18 bits per heavy atom. The summed E-state index contributed by atoms with van der Waals surface area (Å²) in [6.45, 7) is 3.66. The lowest BCUT2D eigenvalue weighted by molar-refractivity contribution is 0.199. The molecule has 1 aromatic carbocycles. The topological polar surface area (TPSA) is 6.48 Å². The number of hydrogen-bond donors (Lipinski definition) is 0. The highest BCUT2D eigenvalue weighted by Crippen LogP contribution is 2.48. The van der Waals surface area contributed by atoms with Gasteiger partial charge in [-0.3, -0.25) is 0 Å². The maximum atomic E-state index is 2.47. The summed E-state index contributed by atoms with van der Waals surface area (Å²) in [7, 11) is 2.24. The van der Waals surface area contributed by atoms with Crippen molar-refractivity contribution in [3.63, 3.8) is 0 Å². The number of piperidine rings is 1. The third-order valence-electron chi connectivity index (χ3n) is 4.35. The number of rotatable bonds is 1. The monoisotopic (exact) mass is 248 g/mol. The van der Waals surface area contributed by atoms with Crippen LogP contribution in [0.2, 0.25) is 0 Å². The summed E-state index contributed by atoms with van der Waals surface area (Å²) < 4.78 is 2.47. The minimum absolute atomic E-state index is 0.423. The molecular formula is C14H20N2S. The van der Waals surface area contributed by atoms with Crippen molar-refractivity contribution in [1.82, 2.24) is 4.90 Å². The molecule has 3 heteroatoms. The summed E-state index contributed by atoms with van der Waals surface area (Å²) in [5.41, 5.74) is 3.46. The molecule has 0 amide bonds. The average molecular weight is 248 g/mol. The van der Waals surface area contributed by atoms with Crippen LogP contribution in [0.5, 0.6) is 0 Å². The van der Waals surface area contributed by atoms with E-state index in [4.69, 9.17) is 0 Å². The number of nitrogens with zero attached hydrogens (tertiary/aromatic N) is 2. The SMILES string of the molecule is CSN1CC2(CCN(C)CC2)c2ccccc21. The van der Waals surface area contributed by atoms with Crippen molar-refractivity contribution in [2.45, 2.75) is 18.3 Å². The molecule has 0 saturated carbocycles. The highest BCUT2D eigenvalue weighted by Gasteiger charge is 2.43. The van der Waals surface area contributed by atoms with Crippen molar-refractivity contribution in [2.24, 2.45) is 0 Å². The van der Waals surface area contributed by atoms with Gasteiger partial charge in [0.2, 0.25) is 0 Å². The van der Waals surface area contributed by atoms with E-state index in [1.807, 2.05) is 11.9 Å². The minimum atomic E-state index is 0.423. The minimum Gasteiger partial charge on any atom is -0.315 e. The lowest BCUT2D eigenvalue weighted by Crippen LogP contribution is -2.42. The summed E-state index contributed by atoms with van der Waals surface area (Å²) in [6.07, 6.45) is 4.79. The molecule has 0 N–H and O–H groups in total. The second-order valence-electron chi connectivity index (χ2n) is 5.32. The van der Waals surface area contributed by atoms with Crippen LogP contribution >= 0.6 is 11.9 Å². The van der Waals surface area contributed by atoms with Gasteiger partial charge < -0.3 is 9.21 Å². The quantitative estimate of drug-likeness (QED) is 0.706. The van der Waals surface area contributed by atoms with Crippen molar-refractivity contribution >= 4 is 17.6 Å². The Balaban J connectivity index is 1.98. The fraction of sp³-hybridized carbons (Fsp3) is 0.571. The Bertz CT molecular complexity index is 410. The average Bonchev–Trinajstić information content (AvgIpc) is 2.68. The van der Waals surface area contributed by atoms with Gasteiger partial charge in [-0.25, -0.2) is 0 Å². The number of hydrogen-bond acceptors (Lipinski definition) is 3. The molecule has 1 saturated heterocycles. The van der Waals surface area contributed by atoms with E-state index in [1.165, 1.54) is 38.2 Å². The van der Waals surface area contributed by atoms with Crippen LogP contribution in [0, 0.1) is 0 Å². The second kappa shape index (κ2) is 4.21. The zero-order valence-electron chi connectivity index (χ0n) is 10.6. The normalized spacial score (nSPS) is 23.1. The molecule has 0 unspecified atom stereocenters. The van der Waals surface area contributed by atoms with Crippen molar-refractivity contribution in [3.8, 4) is 0 Å². The van der Waals surface area contributed by atoms with Crippen LogP contribution in [0.15, 0.2) is 24.3 Å². The summed E-state index contributed by atoms with van der Waals surface area (Å²) in [4.78, 5) is 2.45. The Labute approximate surface area is 108 Å². The van der Waals surface area contributed by atoms with Crippen LogP contribution in [-0.4, -0.2) is 37.8 Å². The van der Waals surface area contributed by atoms with Gasteiger partial charge in [-0.2, -0.15) is 0 Å². The third kappa shape index (κ3) is 1.76. The van der Waals surface area contributed by atoms with E-state index in [0.717, 1.165) is 0 Å². The molecule has 92 valence electrons. The predicted octanol–water partition coefficient (Wildman–Crippen LogP) is 2.75. The van der Waals surface area contributed by atoms with E-state index >= 15 is 0 Å². The molecule has 0 radical (unpaired) electrons. The fourth-order valence-corrected chi connectivity index (χ4v) is 3.95. The first-order valence-electron chi connectivity index (χ1n) is 6.35. The van der Waals surface area contributed by atoms with E-state index in [1.54, 1.807) is 5.56 Å². The molecule has 0 aromatic heterocycles. The van der Waals surface area contributed by atoms with Gasteiger partial charge in [-0.05, 0) is 44.6 Å². The van der Waals surface area contributed by atoms with Gasteiger partial charge in [0, 0.05) is 18.2 Å². The van der Waals surface area contributed by atoms with Gasteiger partial charge in [0.1, 0.15) is 0 Å². The summed E-state index contributed by atoms with van der Waals surface area (Å²) >= 11 is 1.86. The van der Waals surface area contributed by atoms with Gasteiger partial charge in [-0.15, -0.1) is 0 Å². The lowest BCUT2D eigenvalue weighted by Gasteiger charge is -2.38. The maximum Gasteiger partial charge on any atom is 0.0508 e. The predicted molar refractivity (Wildman–Crippen MR) is 75.7 cm³/mol. The van der Waals surface area contributed by atoms with Crippen LogP contribution in [-0.2, 0) is 5.41 Å². The Morgan fingerprint density at radius 3 is 2.59 bits per heavy atom. The number of fused-ring (bicyclic) bond motifs is 2. The molecule has 17 heavy (non-hydrogen) atoms. The molecule has 2 heterocycles. The van der Waals surface area contributed by atoms with Crippen LogP contribution in [0.25, 0.3) is 0 Å². The number of para-hydroxylation sites is 1. The molecular weight excluding hydrogens is 228 g/mol. The van der Waals surface area contributed by atoms with E-state index in [9.17, 15) is 0 Å². The molecule has 2 aliphatic rings. The Morgan fingerprint density at radius 2 is 1.88 bits per heavy atom. The zero-order valence-corrected chi connectivity index (χ0v) is 11.5. The molecule has 1 aromatic rings. The van der Waals surface area contributed by atoms with Crippen LogP contribution in [0.1, 0.15) is 18.4 Å². The van der Waals surface area contributed by atoms with Crippen molar-refractivity contribution in [1.29, 1.82) is 0 Å². The number of likely N-dealkylation sites (tertiary alicyclic amines) is 1. The maximum absolute atomic E-state index is 2.47. The second-order valence-corrected chi connectivity index (χ2v) is 6.13. The Hall–Kier alpha value is -0.670. The molecule has 2 aliphatic heterocycles. The van der Waals surface area contributed by atoms with Gasteiger partial charge >= 0.3 is 0 Å². The first-order valence-corrected chi connectivity index (χ1v) is 7.53. The van der Waals surface area contributed by atoms with Gasteiger partial charge in [0.15, 0.2) is 0 Å². The zero-order chi connectivity index (χ0) is 11.9. The van der Waals surface area contributed by atoms with Crippen molar-refractivity contribution in [2.75, 3.05) is 37.2 Å². The van der Waals surface area contributed by atoms with Gasteiger partial charge in [0.25, 0.3) is 0 Å². The number of anilines is 1.